The van der Waals surface area contributed by atoms with E-state index in [1.54, 1.807) is 22.9 Å². The largest absolute Gasteiger partial charge is 0.489 e. The zero-order valence-corrected chi connectivity index (χ0v) is 25.6. The molecule has 6 rings (SSSR count). The molecule has 0 aromatic heterocycles. The second-order valence-corrected chi connectivity index (χ2v) is 13.2. The molecule has 3 fully saturated rings. The Balaban J connectivity index is 0.000000330. The second kappa shape index (κ2) is 12.3. The maximum absolute atomic E-state index is 13.5. The smallest absolute Gasteiger partial charge is 0.307 e. The number of carbonyl (C=O) groups is 4. The molecule has 10 heteroatoms. The number of likely N-dealkylation sites (tertiary alicyclic amines) is 1. The first-order chi connectivity index (χ1) is 20.0. The van der Waals surface area contributed by atoms with E-state index < -0.39 is 17.8 Å². The minimum Gasteiger partial charge on any atom is -0.489 e. The molecule has 0 bridgehead atoms. The maximum Gasteiger partial charge on any atom is 0.307 e. The van der Waals surface area contributed by atoms with Gasteiger partial charge in [0.2, 0.25) is 17.7 Å². The SMILES string of the molecule is CC1c2c(OCC3=CC(=O)N(C)CC3)ccc(Cl)c2CCN1C(=O)C1CCCCC1C(=O)O.CN1CC2(CC2)CC1=O. The lowest BCUT2D eigenvalue weighted by molar-refractivity contribution is -0.153. The third-order valence-electron chi connectivity index (χ3n) is 9.80. The summed E-state index contributed by atoms with van der Waals surface area (Å²) in [5, 5.41) is 10.3. The number of hydrogen-bond donors (Lipinski definition) is 1. The lowest BCUT2D eigenvalue weighted by Crippen LogP contribution is -2.46. The van der Waals surface area contributed by atoms with Crippen molar-refractivity contribution < 1.29 is 29.0 Å². The van der Waals surface area contributed by atoms with Crippen LogP contribution in [-0.2, 0) is 25.6 Å². The molecule has 1 N–H and O–H groups in total. The topological polar surface area (TPSA) is 107 Å². The fourth-order valence-corrected chi connectivity index (χ4v) is 7.21. The van der Waals surface area contributed by atoms with Crippen LogP contribution in [0.3, 0.4) is 0 Å². The summed E-state index contributed by atoms with van der Waals surface area (Å²) in [6, 6.07) is 3.36. The van der Waals surface area contributed by atoms with Crippen LogP contribution < -0.4 is 4.74 Å². The van der Waals surface area contributed by atoms with Gasteiger partial charge >= 0.3 is 5.97 Å². The van der Waals surface area contributed by atoms with E-state index in [-0.39, 0.29) is 17.9 Å². The Kier molecular flexibility index (Phi) is 8.88. The number of ether oxygens (including phenoxy) is 1. The van der Waals surface area contributed by atoms with Gasteiger partial charge in [-0.3, -0.25) is 19.2 Å². The maximum atomic E-state index is 13.5. The summed E-state index contributed by atoms with van der Waals surface area (Å²) in [5.74, 6) is -1.11. The summed E-state index contributed by atoms with van der Waals surface area (Å²) in [6.45, 7) is 4.45. The molecule has 1 saturated heterocycles. The summed E-state index contributed by atoms with van der Waals surface area (Å²) in [6.07, 6.45) is 9.25. The van der Waals surface area contributed by atoms with E-state index in [0.717, 1.165) is 48.9 Å². The van der Waals surface area contributed by atoms with Gasteiger partial charge in [0.1, 0.15) is 12.4 Å². The number of carbonyl (C=O) groups excluding carboxylic acids is 3. The number of halogens is 1. The van der Waals surface area contributed by atoms with Gasteiger partial charge in [0.25, 0.3) is 0 Å². The molecule has 9 nitrogen and oxygen atoms in total. The van der Waals surface area contributed by atoms with Crippen molar-refractivity contribution >= 4 is 35.3 Å². The standard InChI is InChI=1S/C25H31ClN2O5.C7H11NO/c1-15-23-19(10-12-28(15)24(30)17-5-3-4-6-18(17)25(31)32)20(26)7-8-21(23)33-14-16-9-11-27(2)22(29)13-16;1-8-5-7(2-3-7)4-6(8)9/h7-8,13,15,17-18H,3-6,9-12,14H2,1-2H3,(H,31,32);2-5H2,1H3. The van der Waals surface area contributed by atoms with Crippen molar-refractivity contribution in [1.82, 2.24) is 14.7 Å². The van der Waals surface area contributed by atoms with Gasteiger partial charge in [-0.1, -0.05) is 24.4 Å². The summed E-state index contributed by atoms with van der Waals surface area (Å²) in [5.41, 5.74) is 3.25. The predicted molar refractivity (Wildman–Crippen MR) is 158 cm³/mol. The van der Waals surface area contributed by atoms with Crippen molar-refractivity contribution in [3.05, 3.63) is 39.9 Å². The van der Waals surface area contributed by atoms with Crippen molar-refractivity contribution in [3.8, 4) is 5.75 Å². The quantitative estimate of drug-likeness (QED) is 0.535. The predicted octanol–water partition coefficient (Wildman–Crippen LogP) is 4.47. The minimum absolute atomic E-state index is 0.0245. The molecule has 42 heavy (non-hydrogen) atoms. The van der Waals surface area contributed by atoms with Crippen LogP contribution >= 0.6 is 11.6 Å². The summed E-state index contributed by atoms with van der Waals surface area (Å²) < 4.78 is 6.16. The van der Waals surface area contributed by atoms with E-state index in [4.69, 9.17) is 16.3 Å². The Morgan fingerprint density at radius 1 is 1.05 bits per heavy atom. The fraction of sp³-hybridized carbons (Fsp3) is 0.625. The van der Waals surface area contributed by atoms with Crippen molar-refractivity contribution in [2.24, 2.45) is 17.3 Å². The highest BCUT2D eigenvalue weighted by atomic mass is 35.5. The lowest BCUT2D eigenvalue weighted by atomic mass is 9.77. The number of rotatable bonds is 5. The minimum atomic E-state index is -0.883. The van der Waals surface area contributed by atoms with Crippen molar-refractivity contribution in [1.29, 1.82) is 0 Å². The van der Waals surface area contributed by atoms with Crippen LogP contribution in [0.25, 0.3) is 0 Å². The number of hydrogen-bond acceptors (Lipinski definition) is 5. The van der Waals surface area contributed by atoms with Crippen molar-refractivity contribution in [3.63, 3.8) is 0 Å². The Bertz CT molecular complexity index is 1290. The number of aliphatic carboxylic acids is 1. The van der Waals surface area contributed by atoms with Crippen LogP contribution in [0.1, 0.15) is 75.5 Å². The average molecular weight is 600 g/mol. The molecule has 228 valence electrons. The number of fused-ring (bicyclic) bond motifs is 1. The normalized spacial score (nSPS) is 26.3. The molecular weight excluding hydrogens is 558 g/mol. The summed E-state index contributed by atoms with van der Waals surface area (Å²) in [7, 11) is 3.68. The van der Waals surface area contributed by atoms with Crippen LogP contribution in [-0.4, -0.2) is 83.8 Å². The highest BCUT2D eigenvalue weighted by molar-refractivity contribution is 6.31. The van der Waals surface area contributed by atoms with Crippen LogP contribution in [0.5, 0.6) is 5.75 Å². The molecule has 3 amide bonds. The monoisotopic (exact) mass is 599 g/mol. The Labute approximate surface area is 252 Å². The first-order valence-electron chi connectivity index (χ1n) is 15.2. The second-order valence-electron chi connectivity index (χ2n) is 12.8. The Morgan fingerprint density at radius 3 is 2.36 bits per heavy atom. The van der Waals surface area contributed by atoms with Crippen LogP contribution in [0.4, 0.5) is 0 Å². The number of benzene rings is 1. The zero-order chi connectivity index (χ0) is 30.2. The molecule has 1 aromatic rings. The molecule has 3 unspecified atom stereocenters. The van der Waals surface area contributed by atoms with Crippen molar-refractivity contribution in [2.75, 3.05) is 40.3 Å². The highest BCUT2D eigenvalue weighted by Gasteiger charge is 2.50. The van der Waals surface area contributed by atoms with Crippen LogP contribution in [0.2, 0.25) is 5.02 Å². The molecule has 3 aliphatic heterocycles. The number of amides is 3. The van der Waals surface area contributed by atoms with E-state index >= 15 is 0 Å². The van der Waals surface area contributed by atoms with Gasteiger partial charge in [-0.25, -0.2) is 0 Å². The molecular formula is C32H42ClN3O6. The first-order valence-corrected chi connectivity index (χ1v) is 15.5. The van der Waals surface area contributed by atoms with Crippen LogP contribution in [0.15, 0.2) is 23.8 Å². The summed E-state index contributed by atoms with van der Waals surface area (Å²) in [4.78, 5) is 53.5. The lowest BCUT2D eigenvalue weighted by Gasteiger charge is -2.40. The molecule has 0 radical (unpaired) electrons. The molecule has 3 atom stereocenters. The van der Waals surface area contributed by atoms with E-state index in [1.807, 2.05) is 31.0 Å². The molecule has 2 aliphatic carbocycles. The van der Waals surface area contributed by atoms with Gasteiger partial charge in [0, 0.05) is 56.8 Å². The number of carboxylic acid groups (broad SMARTS) is 1. The Morgan fingerprint density at radius 2 is 1.76 bits per heavy atom. The Hall–Kier alpha value is -3.07. The highest BCUT2D eigenvalue weighted by Crippen LogP contribution is 2.52. The molecule has 1 spiro atoms. The van der Waals surface area contributed by atoms with Gasteiger partial charge in [-0.05, 0) is 74.1 Å². The molecule has 1 aromatic carbocycles. The fourth-order valence-electron chi connectivity index (χ4n) is 6.95. The number of likely N-dealkylation sites (N-methyl/N-ethyl adjacent to an activating group) is 1. The van der Waals surface area contributed by atoms with Gasteiger partial charge < -0.3 is 24.5 Å². The third-order valence-corrected chi connectivity index (χ3v) is 10.2. The molecule has 2 saturated carbocycles. The number of carboxylic acids is 1. The van der Waals surface area contributed by atoms with Gasteiger partial charge in [-0.2, -0.15) is 0 Å². The number of nitrogens with zero attached hydrogens (tertiary/aromatic N) is 3. The van der Waals surface area contributed by atoms with Crippen molar-refractivity contribution in [2.45, 2.75) is 70.8 Å². The average Bonchev–Trinajstić information content (AvgIpc) is 3.66. The summed E-state index contributed by atoms with van der Waals surface area (Å²) >= 11 is 6.51. The van der Waals surface area contributed by atoms with E-state index in [0.29, 0.717) is 61.1 Å². The zero-order valence-electron chi connectivity index (χ0n) is 24.9. The molecule has 5 aliphatic rings. The van der Waals surface area contributed by atoms with E-state index in [9.17, 15) is 24.3 Å². The third kappa shape index (κ3) is 6.31. The van der Waals surface area contributed by atoms with Gasteiger partial charge in [-0.15, -0.1) is 0 Å². The van der Waals surface area contributed by atoms with Gasteiger partial charge in [0.05, 0.1) is 17.9 Å². The molecule has 3 heterocycles. The first kappa shape index (κ1) is 30.4. The van der Waals surface area contributed by atoms with E-state index in [1.165, 1.54) is 12.8 Å². The van der Waals surface area contributed by atoms with E-state index in [2.05, 4.69) is 0 Å². The van der Waals surface area contributed by atoms with Gasteiger partial charge in [0.15, 0.2) is 0 Å². The van der Waals surface area contributed by atoms with Crippen LogP contribution in [0, 0.1) is 17.3 Å².